The molecule has 0 saturated carbocycles. The molecule has 0 radical (unpaired) electrons. The molecule has 0 aliphatic rings. The SMILES string of the molecule is O=CC(Cc1ccc(Cl)nn1)c1ccc(F)cc1. The van der Waals surface area contributed by atoms with Crippen molar-refractivity contribution in [1.82, 2.24) is 10.2 Å². The van der Waals surface area contributed by atoms with E-state index in [1.165, 1.54) is 12.1 Å². The molecule has 0 spiro atoms. The van der Waals surface area contributed by atoms with Gasteiger partial charge < -0.3 is 4.79 Å². The zero-order chi connectivity index (χ0) is 13.0. The number of carbonyl (C=O) groups is 1. The third kappa shape index (κ3) is 3.11. The Bertz CT molecular complexity index is 528. The van der Waals surface area contributed by atoms with E-state index in [0.717, 1.165) is 11.8 Å². The van der Waals surface area contributed by atoms with Crippen molar-refractivity contribution in [3.8, 4) is 0 Å². The summed E-state index contributed by atoms with van der Waals surface area (Å²) in [5, 5.41) is 7.92. The molecule has 18 heavy (non-hydrogen) atoms. The predicted molar refractivity (Wildman–Crippen MR) is 66.0 cm³/mol. The van der Waals surface area contributed by atoms with Gasteiger partial charge >= 0.3 is 0 Å². The minimum Gasteiger partial charge on any atom is -0.303 e. The molecular formula is C13H10ClFN2O. The molecule has 1 heterocycles. The Morgan fingerprint density at radius 1 is 1.17 bits per heavy atom. The molecule has 3 nitrogen and oxygen atoms in total. The fourth-order valence-electron chi connectivity index (χ4n) is 1.63. The number of carbonyl (C=O) groups excluding carboxylic acids is 1. The van der Waals surface area contributed by atoms with E-state index in [-0.39, 0.29) is 11.7 Å². The molecule has 0 N–H and O–H groups in total. The second-order valence-corrected chi connectivity index (χ2v) is 4.23. The Balaban J connectivity index is 2.16. The average Bonchev–Trinajstić information content (AvgIpc) is 2.39. The van der Waals surface area contributed by atoms with Gasteiger partial charge in [0.25, 0.3) is 0 Å². The summed E-state index contributed by atoms with van der Waals surface area (Å²) in [4.78, 5) is 11.1. The standard InChI is InChI=1S/C13H10ClFN2O/c14-13-6-5-12(16-17-13)7-10(8-18)9-1-3-11(15)4-2-9/h1-6,8,10H,7H2. The molecule has 2 rings (SSSR count). The normalized spacial score (nSPS) is 12.1. The van der Waals surface area contributed by atoms with Crippen LogP contribution < -0.4 is 0 Å². The van der Waals surface area contributed by atoms with E-state index < -0.39 is 0 Å². The zero-order valence-electron chi connectivity index (χ0n) is 9.38. The summed E-state index contributed by atoms with van der Waals surface area (Å²) in [6.45, 7) is 0. The number of hydrogen-bond donors (Lipinski definition) is 0. The van der Waals surface area contributed by atoms with Crippen molar-refractivity contribution in [1.29, 1.82) is 0 Å². The lowest BCUT2D eigenvalue weighted by Crippen LogP contribution is -2.06. The van der Waals surface area contributed by atoms with Gasteiger partial charge in [0, 0.05) is 12.3 Å². The summed E-state index contributed by atoms with van der Waals surface area (Å²) in [5.74, 6) is -0.684. The van der Waals surface area contributed by atoms with E-state index in [9.17, 15) is 9.18 Å². The molecule has 5 heteroatoms. The second kappa shape index (κ2) is 5.69. The van der Waals surface area contributed by atoms with E-state index in [1.807, 2.05) is 0 Å². The molecule has 92 valence electrons. The molecule has 0 aliphatic heterocycles. The fourth-order valence-corrected chi connectivity index (χ4v) is 1.73. The number of aromatic nitrogens is 2. The van der Waals surface area contributed by atoms with Gasteiger partial charge in [0.1, 0.15) is 12.1 Å². The number of nitrogens with zero attached hydrogens (tertiary/aromatic N) is 2. The van der Waals surface area contributed by atoms with E-state index in [1.54, 1.807) is 24.3 Å². The van der Waals surface area contributed by atoms with Crippen LogP contribution >= 0.6 is 11.6 Å². The van der Waals surface area contributed by atoms with Crippen LogP contribution in [0.25, 0.3) is 0 Å². The topological polar surface area (TPSA) is 42.9 Å². The number of benzene rings is 1. The summed E-state index contributed by atoms with van der Waals surface area (Å²) in [6.07, 6.45) is 1.24. The van der Waals surface area contributed by atoms with Crippen LogP contribution in [0.3, 0.4) is 0 Å². The first-order chi connectivity index (χ1) is 8.69. The van der Waals surface area contributed by atoms with Crippen LogP contribution in [-0.4, -0.2) is 16.5 Å². The quantitative estimate of drug-likeness (QED) is 0.798. The van der Waals surface area contributed by atoms with Gasteiger partial charge in [-0.25, -0.2) is 4.39 Å². The summed E-state index contributed by atoms with van der Waals surface area (Å²) in [7, 11) is 0. The molecule has 1 aromatic heterocycles. The molecule has 1 unspecified atom stereocenters. The third-order valence-electron chi connectivity index (χ3n) is 2.58. The molecular weight excluding hydrogens is 255 g/mol. The maximum Gasteiger partial charge on any atom is 0.151 e. The highest BCUT2D eigenvalue weighted by atomic mass is 35.5. The molecule has 1 atom stereocenters. The van der Waals surface area contributed by atoms with E-state index >= 15 is 0 Å². The van der Waals surface area contributed by atoms with Crippen LogP contribution in [0.4, 0.5) is 4.39 Å². The molecule has 0 bridgehead atoms. The van der Waals surface area contributed by atoms with E-state index in [2.05, 4.69) is 10.2 Å². The average molecular weight is 265 g/mol. The molecule has 0 amide bonds. The summed E-state index contributed by atoms with van der Waals surface area (Å²) >= 11 is 5.63. The van der Waals surface area contributed by atoms with Crippen LogP contribution in [0.2, 0.25) is 5.15 Å². The van der Waals surface area contributed by atoms with Crippen molar-refractivity contribution in [2.75, 3.05) is 0 Å². The first-order valence-electron chi connectivity index (χ1n) is 5.38. The maximum atomic E-state index is 12.8. The summed E-state index contributed by atoms with van der Waals surface area (Å²) in [5.41, 5.74) is 1.42. The Labute approximate surface area is 109 Å². The third-order valence-corrected chi connectivity index (χ3v) is 2.78. The van der Waals surface area contributed by atoms with Gasteiger partial charge in [-0.2, -0.15) is 5.10 Å². The lowest BCUT2D eigenvalue weighted by Gasteiger charge is -2.09. The van der Waals surface area contributed by atoms with Gasteiger partial charge in [-0.3, -0.25) is 0 Å². The van der Waals surface area contributed by atoms with Crippen molar-refractivity contribution < 1.29 is 9.18 Å². The maximum absolute atomic E-state index is 12.8. The van der Waals surface area contributed by atoms with Crippen LogP contribution in [-0.2, 0) is 11.2 Å². The highest BCUT2D eigenvalue weighted by Gasteiger charge is 2.12. The van der Waals surface area contributed by atoms with Gasteiger partial charge in [0.05, 0.1) is 5.69 Å². The number of halogens is 2. The number of hydrogen-bond acceptors (Lipinski definition) is 3. The van der Waals surface area contributed by atoms with Gasteiger partial charge in [0.2, 0.25) is 0 Å². The number of aldehydes is 1. The van der Waals surface area contributed by atoms with Crippen LogP contribution in [0.15, 0.2) is 36.4 Å². The minimum atomic E-state index is -0.360. The monoisotopic (exact) mass is 264 g/mol. The van der Waals surface area contributed by atoms with Crippen molar-refractivity contribution in [3.05, 3.63) is 58.6 Å². The second-order valence-electron chi connectivity index (χ2n) is 3.85. The Kier molecular flexibility index (Phi) is 3.99. The highest BCUT2D eigenvalue weighted by Crippen LogP contribution is 2.18. The number of rotatable bonds is 4. The van der Waals surface area contributed by atoms with Crippen molar-refractivity contribution in [3.63, 3.8) is 0 Å². The summed E-state index contributed by atoms with van der Waals surface area (Å²) in [6, 6.07) is 9.19. The van der Waals surface area contributed by atoms with Gasteiger partial charge in [-0.05, 0) is 29.8 Å². The van der Waals surface area contributed by atoms with E-state index in [4.69, 9.17) is 11.6 Å². The fraction of sp³-hybridized carbons (Fsp3) is 0.154. The molecule has 0 aliphatic carbocycles. The van der Waals surface area contributed by atoms with Crippen LogP contribution in [0.5, 0.6) is 0 Å². The molecule has 1 aromatic carbocycles. The van der Waals surface area contributed by atoms with Crippen LogP contribution in [0.1, 0.15) is 17.2 Å². The van der Waals surface area contributed by atoms with Crippen molar-refractivity contribution >= 4 is 17.9 Å². The van der Waals surface area contributed by atoms with Gasteiger partial charge in [0.15, 0.2) is 5.15 Å². The first-order valence-corrected chi connectivity index (χ1v) is 5.75. The van der Waals surface area contributed by atoms with E-state index in [0.29, 0.717) is 17.3 Å². The largest absolute Gasteiger partial charge is 0.303 e. The summed E-state index contributed by atoms with van der Waals surface area (Å²) < 4.78 is 12.8. The van der Waals surface area contributed by atoms with Crippen molar-refractivity contribution in [2.45, 2.75) is 12.3 Å². The van der Waals surface area contributed by atoms with Crippen molar-refractivity contribution in [2.24, 2.45) is 0 Å². The lowest BCUT2D eigenvalue weighted by atomic mass is 9.95. The zero-order valence-corrected chi connectivity index (χ0v) is 10.1. The highest BCUT2D eigenvalue weighted by molar-refractivity contribution is 6.29. The molecule has 0 fully saturated rings. The Morgan fingerprint density at radius 2 is 1.89 bits per heavy atom. The lowest BCUT2D eigenvalue weighted by molar-refractivity contribution is -0.109. The minimum absolute atomic E-state index is 0.309. The smallest absolute Gasteiger partial charge is 0.151 e. The first kappa shape index (κ1) is 12.6. The molecule has 2 aromatic rings. The Hall–Kier alpha value is -1.81. The van der Waals surface area contributed by atoms with Gasteiger partial charge in [-0.1, -0.05) is 23.7 Å². The van der Waals surface area contributed by atoms with Gasteiger partial charge in [-0.15, -0.1) is 5.10 Å². The van der Waals surface area contributed by atoms with Crippen LogP contribution in [0, 0.1) is 5.82 Å². The predicted octanol–water partition coefficient (Wildman–Crippen LogP) is 2.79. The molecule has 0 saturated heterocycles. The Morgan fingerprint density at radius 3 is 2.44 bits per heavy atom.